The Balaban J connectivity index is 1.55. The summed E-state index contributed by atoms with van der Waals surface area (Å²) in [4.78, 5) is 52.8. The van der Waals surface area contributed by atoms with Gasteiger partial charge in [0, 0.05) is 6.54 Å². The summed E-state index contributed by atoms with van der Waals surface area (Å²) in [5, 5.41) is 17.3. The van der Waals surface area contributed by atoms with Crippen LogP contribution >= 0.6 is 11.6 Å². The van der Waals surface area contributed by atoms with E-state index in [1.807, 2.05) is 25.2 Å². The number of anilines is 1. The molecule has 1 saturated heterocycles. The molecule has 1 unspecified atom stereocenters. The molecule has 13 heteroatoms. The Labute approximate surface area is 234 Å². The lowest BCUT2D eigenvalue weighted by Gasteiger charge is -2.37. The maximum atomic E-state index is 13.6. The first-order valence-corrected chi connectivity index (χ1v) is 13.2. The molecule has 0 aromatic heterocycles. The Morgan fingerprint density at radius 1 is 1.23 bits per heavy atom. The fourth-order valence-electron chi connectivity index (χ4n) is 6.03. The van der Waals surface area contributed by atoms with Crippen molar-refractivity contribution in [2.45, 2.75) is 71.3 Å². The number of nitriles is 1. The predicted molar refractivity (Wildman–Crippen MR) is 139 cm³/mol. The van der Waals surface area contributed by atoms with Crippen LogP contribution in [-0.4, -0.2) is 59.4 Å². The van der Waals surface area contributed by atoms with Crippen LogP contribution in [0.3, 0.4) is 0 Å². The van der Waals surface area contributed by atoms with Gasteiger partial charge in [-0.2, -0.15) is 18.4 Å². The highest BCUT2D eigenvalue weighted by atomic mass is 35.5. The van der Waals surface area contributed by atoms with Crippen molar-refractivity contribution in [3.8, 4) is 6.07 Å². The molecule has 3 aliphatic rings. The number of nitrogens with one attached hydrogen (secondary N) is 3. The lowest BCUT2D eigenvalue weighted by molar-refractivity contribution is -0.176. The van der Waals surface area contributed by atoms with Crippen molar-refractivity contribution in [1.82, 2.24) is 15.5 Å². The second kappa shape index (κ2) is 9.94. The number of halogens is 4. The van der Waals surface area contributed by atoms with Crippen LogP contribution in [0.15, 0.2) is 18.2 Å². The number of hydrogen-bond donors (Lipinski definition) is 3. The average Bonchev–Trinajstić information content (AvgIpc) is 3.16. The van der Waals surface area contributed by atoms with Crippen molar-refractivity contribution in [3.05, 3.63) is 28.8 Å². The Morgan fingerprint density at radius 2 is 1.88 bits per heavy atom. The molecule has 216 valence electrons. The zero-order valence-electron chi connectivity index (χ0n) is 22.6. The third kappa shape index (κ3) is 5.23. The number of para-hydroxylation sites is 1. The van der Waals surface area contributed by atoms with E-state index in [2.05, 4.69) is 10.6 Å². The highest BCUT2D eigenvalue weighted by molar-refractivity contribution is 6.34. The largest absolute Gasteiger partial charge is 0.471 e. The zero-order valence-corrected chi connectivity index (χ0v) is 23.4. The minimum absolute atomic E-state index is 0.0498. The normalized spacial score (nSPS) is 26.1. The van der Waals surface area contributed by atoms with Gasteiger partial charge in [-0.05, 0) is 40.7 Å². The lowest BCUT2D eigenvalue weighted by atomic mass is 9.85. The van der Waals surface area contributed by atoms with E-state index in [9.17, 15) is 37.6 Å². The van der Waals surface area contributed by atoms with Gasteiger partial charge in [0.1, 0.15) is 18.1 Å². The van der Waals surface area contributed by atoms with E-state index >= 15 is 0 Å². The zero-order chi connectivity index (χ0) is 29.9. The van der Waals surface area contributed by atoms with Crippen LogP contribution in [0.1, 0.15) is 52.5 Å². The van der Waals surface area contributed by atoms with Crippen LogP contribution in [0, 0.1) is 34.0 Å². The Kier molecular flexibility index (Phi) is 7.37. The second-order valence-corrected chi connectivity index (χ2v) is 12.7. The first-order valence-electron chi connectivity index (χ1n) is 12.9. The maximum Gasteiger partial charge on any atom is 0.471 e. The molecule has 0 radical (unpaired) electrons. The van der Waals surface area contributed by atoms with E-state index in [4.69, 9.17) is 11.6 Å². The molecule has 3 N–H and O–H groups in total. The van der Waals surface area contributed by atoms with E-state index in [1.165, 1.54) is 25.7 Å². The molecule has 0 bridgehead atoms. The van der Waals surface area contributed by atoms with Crippen molar-refractivity contribution >= 4 is 40.9 Å². The van der Waals surface area contributed by atoms with Crippen LogP contribution in [-0.2, 0) is 19.2 Å². The summed E-state index contributed by atoms with van der Waals surface area (Å²) in [6.07, 6.45) is -5.24. The standard InChI is InChI=1S/C27H31ClF3N5O4/c1-25(2,3)20(35-24(40)27(29,30)31)23(39)36-11-15-17(26(15,4)5)19(36)22(38)33-12(10-32)9-14-13-7-6-8-16(28)18(13)34-21(14)37/h6-8,12,14-15,17,19-20H,9,11H2,1-5H3,(H,33,38)(H,34,37)(H,35,40)/t12-,14?,15-,17+,19-,20+/m0/s1. The topological polar surface area (TPSA) is 131 Å². The van der Waals surface area contributed by atoms with Crippen LogP contribution in [0.4, 0.5) is 18.9 Å². The van der Waals surface area contributed by atoms with Gasteiger partial charge in [0.15, 0.2) is 0 Å². The number of fused-ring (bicyclic) bond motifs is 2. The summed E-state index contributed by atoms with van der Waals surface area (Å²) in [5.41, 5.74) is -0.358. The summed E-state index contributed by atoms with van der Waals surface area (Å²) in [6.45, 7) is 8.54. The third-order valence-corrected chi connectivity index (χ3v) is 8.65. The molecule has 1 saturated carbocycles. The molecule has 0 spiro atoms. The monoisotopic (exact) mass is 581 g/mol. The smallest absolute Gasteiger partial charge is 0.339 e. The predicted octanol–water partition coefficient (Wildman–Crippen LogP) is 3.35. The number of rotatable bonds is 6. The van der Waals surface area contributed by atoms with Gasteiger partial charge in [0.05, 0.1) is 22.7 Å². The number of carbonyl (C=O) groups excluding carboxylic acids is 4. The first kappa shape index (κ1) is 29.6. The van der Waals surface area contributed by atoms with E-state index in [-0.39, 0.29) is 36.1 Å². The summed E-state index contributed by atoms with van der Waals surface area (Å²) < 4.78 is 39.1. The highest BCUT2D eigenvalue weighted by Crippen LogP contribution is 2.65. The number of likely N-dealkylation sites (tertiary alicyclic amines) is 1. The number of piperidine rings is 1. The van der Waals surface area contributed by atoms with Gasteiger partial charge < -0.3 is 20.9 Å². The summed E-state index contributed by atoms with van der Waals surface area (Å²) in [6, 6.07) is 3.29. The molecule has 1 aromatic carbocycles. The van der Waals surface area contributed by atoms with Crippen molar-refractivity contribution in [3.63, 3.8) is 0 Å². The molecular formula is C27H31ClF3N5O4. The molecule has 4 rings (SSSR count). The fraction of sp³-hybridized carbons (Fsp3) is 0.593. The number of alkyl halides is 3. The van der Waals surface area contributed by atoms with Gasteiger partial charge in [-0.25, -0.2) is 0 Å². The Hall–Kier alpha value is -3.33. The third-order valence-electron chi connectivity index (χ3n) is 8.34. The molecule has 6 atom stereocenters. The van der Waals surface area contributed by atoms with Gasteiger partial charge in [-0.1, -0.05) is 58.4 Å². The number of carbonyl (C=O) groups is 4. The Morgan fingerprint density at radius 3 is 2.45 bits per heavy atom. The van der Waals surface area contributed by atoms with Crippen LogP contribution in [0.5, 0.6) is 0 Å². The maximum absolute atomic E-state index is 13.6. The first-order chi connectivity index (χ1) is 18.4. The van der Waals surface area contributed by atoms with Crippen LogP contribution < -0.4 is 16.0 Å². The van der Waals surface area contributed by atoms with Gasteiger partial charge >= 0.3 is 12.1 Å². The molecule has 1 aromatic rings. The van der Waals surface area contributed by atoms with Gasteiger partial charge in [-0.3, -0.25) is 19.2 Å². The average molecular weight is 582 g/mol. The molecule has 2 heterocycles. The van der Waals surface area contributed by atoms with Gasteiger partial charge in [-0.15, -0.1) is 0 Å². The van der Waals surface area contributed by atoms with E-state index < -0.39 is 53.4 Å². The number of benzene rings is 1. The minimum atomic E-state index is -5.19. The highest BCUT2D eigenvalue weighted by Gasteiger charge is 2.70. The van der Waals surface area contributed by atoms with E-state index in [0.29, 0.717) is 16.3 Å². The molecule has 2 aliphatic heterocycles. The molecular weight excluding hydrogens is 551 g/mol. The van der Waals surface area contributed by atoms with Crippen molar-refractivity contribution in [2.75, 3.05) is 11.9 Å². The van der Waals surface area contributed by atoms with Crippen LogP contribution in [0.2, 0.25) is 5.02 Å². The van der Waals surface area contributed by atoms with Crippen LogP contribution in [0.25, 0.3) is 0 Å². The molecule has 40 heavy (non-hydrogen) atoms. The quantitative estimate of drug-likeness (QED) is 0.474. The SMILES string of the molecule is CC(C)(C)[C@H](NC(=O)C(F)(F)F)C(=O)N1C[C@H]2[C@H]([C@H]1C(=O)N[C@H](C#N)CC1C(=O)Nc3c(Cl)cccc31)C2(C)C. The number of nitrogens with zero attached hydrogens (tertiary/aromatic N) is 2. The summed E-state index contributed by atoms with van der Waals surface area (Å²) in [7, 11) is 0. The Bertz CT molecular complexity index is 1300. The van der Waals surface area contributed by atoms with Gasteiger partial charge in [0.2, 0.25) is 17.7 Å². The molecule has 2 fully saturated rings. The molecule has 1 aliphatic carbocycles. The van der Waals surface area contributed by atoms with Crippen molar-refractivity contribution < 1.29 is 32.3 Å². The second-order valence-electron chi connectivity index (χ2n) is 12.3. The summed E-state index contributed by atoms with van der Waals surface area (Å²) >= 11 is 6.17. The van der Waals surface area contributed by atoms with E-state index in [1.54, 1.807) is 18.2 Å². The van der Waals surface area contributed by atoms with Crippen molar-refractivity contribution in [2.24, 2.45) is 22.7 Å². The fourth-order valence-corrected chi connectivity index (χ4v) is 6.26. The summed E-state index contributed by atoms with van der Waals surface area (Å²) in [5.74, 6) is -5.17. The number of amides is 4. The molecule has 4 amide bonds. The number of hydrogen-bond acceptors (Lipinski definition) is 5. The van der Waals surface area contributed by atoms with E-state index in [0.717, 1.165) is 0 Å². The minimum Gasteiger partial charge on any atom is -0.339 e. The molecule has 9 nitrogen and oxygen atoms in total. The van der Waals surface area contributed by atoms with Gasteiger partial charge in [0.25, 0.3) is 0 Å². The lowest BCUT2D eigenvalue weighted by Crippen LogP contribution is -2.61. The van der Waals surface area contributed by atoms with Crippen molar-refractivity contribution in [1.29, 1.82) is 5.26 Å².